The predicted molar refractivity (Wildman–Crippen MR) is 81.7 cm³/mol. The van der Waals surface area contributed by atoms with Crippen LogP contribution in [0, 0.1) is 10.1 Å². The number of hydrogen-bond acceptors (Lipinski definition) is 4. The number of nitrogens with one attached hydrogen (secondary N) is 1. The summed E-state index contributed by atoms with van der Waals surface area (Å²) >= 11 is 8.97. The Hall–Kier alpha value is -1.93. The van der Waals surface area contributed by atoms with Gasteiger partial charge in [0.05, 0.1) is 27.5 Å². The maximum atomic E-state index is 12.2. The van der Waals surface area contributed by atoms with E-state index in [-0.39, 0.29) is 16.5 Å². The third-order valence-electron chi connectivity index (χ3n) is 2.72. The van der Waals surface area contributed by atoms with Crippen LogP contribution in [0.4, 0.5) is 11.4 Å². The Morgan fingerprint density at radius 3 is 2.86 bits per heavy atom. The van der Waals surface area contributed by atoms with E-state index < -0.39 is 10.8 Å². The smallest absolute Gasteiger partial charge is 0.287 e. The van der Waals surface area contributed by atoms with Gasteiger partial charge in [-0.3, -0.25) is 14.9 Å². The van der Waals surface area contributed by atoms with Gasteiger partial charge < -0.3 is 9.88 Å². The van der Waals surface area contributed by atoms with Crippen molar-refractivity contribution in [3.8, 4) is 0 Å². The Labute approximate surface area is 133 Å². The van der Waals surface area contributed by atoms with Crippen LogP contribution in [0.3, 0.4) is 0 Å². The topological polar surface area (TPSA) is 90.1 Å². The molecule has 0 aromatic carbocycles. The number of hydrogen-bond donors (Lipinski definition) is 1. The van der Waals surface area contributed by atoms with Crippen LogP contribution in [0.5, 0.6) is 0 Å². The van der Waals surface area contributed by atoms with Gasteiger partial charge in [0, 0.05) is 12.6 Å². The molecule has 0 saturated heterocycles. The van der Waals surface area contributed by atoms with E-state index in [0.717, 1.165) is 0 Å². The molecule has 2 rings (SSSR count). The number of aromatic nitrogens is 2. The number of carbonyl (C=O) groups is 1. The fraction of sp³-hybridized carbons (Fsp3) is 0.167. The quantitative estimate of drug-likeness (QED) is 0.505. The fourth-order valence-corrected chi connectivity index (χ4v) is 2.18. The lowest BCUT2D eigenvalue weighted by Crippen LogP contribution is -2.16. The zero-order valence-corrected chi connectivity index (χ0v) is 13.2. The molecule has 0 aliphatic rings. The van der Waals surface area contributed by atoms with Crippen LogP contribution < -0.4 is 5.32 Å². The molecule has 2 aromatic heterocycles. The highest BCUT2D eigenvalue weighted by molar-refractivity contribution is 9.10. The number of carbonyl (C=O) groups excluding carboxylic acids is 1. The highest BCUT2D eigenvalue weighted by Gasteiger charge is 2.19. The third kappa shape index (κ3) is 3.40. The van der Waals surface area contributed by atoms with Crippen molar-refractivity contribution in [2.75, 3.05) is 5.32 Å². The Bertz CT molecular complexity index is 717. The molecule has 0 saturated carbocycles. The molecule has 0 radical (unpaired) electrons. The van der Waals surface area contributed by atoms with Gasteiger partial charge in [0.25, 0.3) is 11.6 Å². The first kappa shape index (κ1) is 15.5. The summed E-state index contributed by atoms with van der Waals surface area (Å²) in [6.45, 7) is 2.24. The molecular weight excluding hydrogens is 364 g/mol. The zero-order chi connectivity index (χ0) is 15.6. The molecular formula is C12H10BrClN4O3. The van der Waals surface area contributed by atoms with Crippen molar-refractivity contribution in [3.05, 3.63) is 50.0 Å². The van der Waals surface area contributed by atoms with Gasteiger partial charge in [-0.2, -0.15) is 0 Å². The monoisotopic (exact) mass is 372 g/mol. The molecule has 0 unspecified atom stereocenters. The van der Waals surface area contributed by atoms with Crippen molar-refractivity contribution >= 4 is 44.8 Å². The molecule has 2 aromatic rings. The van der Waals surface area contributed by atoms with Crippen molar-refractivity contribution in [1.82, 2.24) is 9.55 Å². The minimum Gasteiger partial charge on any atom is -0.337 e. The van der Waals surface area contributed by atoms with E-state index in [0.29, 0.717) is 16.7 Å². The second-order valence-electron chi connectivity index (χ2n) is 4.08. The molecule has 0 aliphatic heterocycles. The average Bonchev–Trinajstić information content (AvgIpc) is 2.87. The molecule has 21 heavy (non-hydrogen) atoms. The lowest BCUT2D eigenvalue weighted by atomic mass is 10.3. The molecule has 0 atom stereocenters. The van der Waals surface area contributed by atoms with Crippen LogP contribution in [-0.4, -0.2) is 20.4 Å². The number of nitro groups is 1. The van der Waals surface area contributed by atoms with Crippen LogP contribution in [0.1, 0.15) is 17.4 Å². The zero-order valence-electron chi connectivity index (χ0n) is 10.8. The summed E-state index contributed by atoms with van der Waals surface area (Å²) in [4.78, 5) is 26.3. The van der Waals surface area contributed by atoms with Crippen molar-refractivity contribution in [2.24, 2.45) is 0 Å². The first-order chi connectivity index (χ1) is 9.92. The molecule has 0 aliphatic carbocycles. The number of pyridine rings is 1. The van der Waals surface area contributed by atoms with Crippen LogP contribution >= 0.6 is 27.5 Å². The third-order valence-corrected chi connectivity index (χ3v) is 3.85. The minimum absolute atomic E-state index is 0.127. The summed E-state index contributed by atoms with van der Waals surface area (Å²) in [5, 5.41) is 13.7. The van der Waals surface area contributed by atoms with Gasteiger partial charge in [-0.05, 0) is 28.9 Å². The Morgan fingerprint density at radius 1 is 1.57 bits per heavy atom. The molecule has 0 bridgehead atoms. The van der Waals surface area contributed by atoms with Gasteiger partial charge in [0.15, 0.2) is 0 Å². The lowest BCUT2D eigenvalue weighted by Gasteiger charge is -2.07. The summed E-state index contributed by atoms with van der Waals surface area (Å²) < 4.78 is 2.05. The predicted octanol–water partition coefficient (Wildman–Crippen LogP) is 3.48. The second-order valence-corrected chi connectivity index (χ2v) is 5.29. The molecule has 9 heteroatoms. The average molecular weight is 374 g/mol. The number of rotatable bonds is 4. The Morgan fingerprint density at radius 2 is 2.29 bits per heavy atom. The first-order valence-corrected chi connectivity index (χ1v) is 7.06. The van der Waals surface area contributed by atoms with Crippen LogP contribution in [0.25, 0.3) is 0 Å². The van der Waals surface area contributed by atoms with E-state index in [1.165, 1.54) is 23.0 Å². The second kappa shape index (κ2) is 6.23. The summed E-state index contributed by atoms with van der Waals surface area (Å²) in [6.07, 6.45) is 2.73. The maximum absolute atomic E-state index is 12.2. The Balaban J connectivity index is 2.27. The van der Waals surface area contributed by atoms with Crippen LogP contribution in [-0.2, 0) is 6.54 Å². The summed E-state index contributed by atoms with van der Waals surface area (Å²) in [6, 6.07) is 2.83. The summed E-state index contributed by atoms with van der Waals surface area (Å²) in [5.41, 5.74) is 0.510. The lowest BCUT2D eigenvalue weighted by molar-refractivity contribution is -0.384. The first-order valence-electron chi connectivity index (χ1n) is 5.89. The molecule has 2 heterocycles. The number of aryl methyl sites for hydroxylation is 1. The molecule has 0 spiro atoms. The van der Waals surface area contributed by atoms with Crippen molar-refractivity contribution in [1.29, 1.82) is 0 Å². The van der Waals surface area contributed by atoms with Gasteiger partial charge >= 0.3 is 0 Å². The standard InChI is InChI=1S/C12H10BrClN4O3/c1-2-17-6-8(18(20)21)4-10(17)12(19)16-7-3-9(13)11(14)15-5-7/h3-6H,2H2,1H3,(H,16,19). The number of nitrogens with zero attached hydrogens (tertiary/aromatic N) is 3. The minimum atomic E-state index is -0.538. The maximum Gasteiger partial charge on any atom is 0.287 e. The van der Waals surface area contributed by atoms with Gasteiger partial charge in [-0.25, -0.2) is 4.98 Å². The van der Waals surface area contributed by atoms with Gasteiger partial charge in [-0.15, -0.1) is 0 Å². The van der Waals surface area contributed by atoms with E-state index in [4.69, 9.17) is 11.6 Å². The summed E-state index contributed by atoms with van der Waals surface area (Å²) in [5.74, 6) is -0.457. The molecule has 110 valence electrons. The highest BCUT2D eigenvalue weighted by atomic mass is 79.9. The van der Waals surface area contributed by atoms with E-state index in [1.54, 1.807) is 13.0 Å². The van der Waals surface area contributed by atoms with Crippen molar-refractivity contribution in [3.63, 3.8) is 0 Å². The molecule has 0 fully saturated rings. The molecule has 1 N–H and O–H groups in total. The van der Waals surface area contributed by atoms with E-state index in [9.17, 15) is 14.9 Å². The van der Waals surface area contributed by atoms with Crippen molar-refractivity contribution in [2.45, 2.75) is 13.5 Å². The van der Waals surface area contributed by atoms with Gasteiger partial charge in [-0.1, -0.05) is 11.6 Å². The normalized spacial score (nSPS) is 10.4. The highest BCUT2D eigenvalue weighted by Crippen LogP contribution is 2.24. The Kier molecular flexibility index (Phi) is 4.59. The van der Waals surface area contributed by atoms with E-state index in [2.05, 4.69) is 26.2 Å². The van der Waals surface area contributed by atoms with Crippen molar-refractivity contribution < 1.29 is 9.72 Å². The van der Waals surface area contributed by atoms with E-state index >= 15 is 0 Å². The molecule has 7 nitrogen and oxygen atoms in total. The number of amides is 1. The van der Waals surface area contributed by atoms with Gasteiger partial charge in [0.2, 0.25) is 0 Å². The largest absolute Gasteiger partial charge is 0.337 e. The fourth-order valence-electron chi connectivity index (χ4n) is 1.73. The van der Waals surface area contributed by atoms with Crippen LogP contribution in [0.15, 0.2) is 29.0 Å². The number of anilines is 1. The number of halogens is 2. The molecule has 1 amide bonds. The van der Waals surface area contributed by atoms with Crippen LogP contribution in [0.2, 0.25) is 5.15 Å². The summed E-state index contributed by atoms with van der Waals surface area (Å²) in [7, 11) is 0. The SMILES string of the molecule is CCn1cc([N+](=O)[O-])cc1C(=O)Nc1cnc(Cl)c(Br)c1. The van der Waals surface area contributed by atoms with Gasteiger partial charge in [0.1, 0.15) is 10.8 Å². The van der Waals surface area contributed by atoms with E-state index in [1.807, 2.05) is 0 Å².